The highest BCUT2D eigenvalue weighted by Gasteiger charge is 2.41. The fourth-order valence-electron chi connectivity index (χ4n) is 2.93. The van der Waals surface area contributed by atoms with Crippen LogP contribution in [0.25, 0.3) is 0 Å². The molecule has 1 fully saturated rings. The first-order valence-corrected chi connectivity index (χ1v) is 7.63. The number of ether oxygens (including phenoxy) is 2. The molecular formula is C16H24ClNO2. The Bertz CT molecular complexity index is 444. The van der Waals surface area contributed by atoms with Crippen LogP contribution < -0.4 is 5.32 Å². The van der Waals surface area contributed by atoms with Crippen molar-refractivity contribution in [3.63, 3.8) is 0 Å². The van der Waals surface area contributed by atoms with Crippen LogP contribution in [0.15, 0.2) is 18.2 Å². The quantitative estimate of drug-likeness (QED) is 0.902. The first kappa shape index (κ1) is 15.8. The maximum Gasteiger partial charge on any atom is 0.0916 e. The summed E-state index contributed by atoms with van der Waals surface area (Å²) in [4.78, 5) is 0. The predicted molar refractivity (Wildman–Crippen MR) is 82.4 cm³/mol. The summed E-state index contributed by atoms with van der Waals surface area (Å²) in [5.41, 5.74) is 2.07. The van der Waals surface area contributed by atoms with Gasteiger partial charge in [-0.15, -0.1) is 0 Å². The largest absolute Gasteiger partial charge is 0.381 e. The lowest BCUT2D eigenvalue weighted by Crippen LogP contribution is -2.49. The van der Waals surface area contributed by atoms with Gasteiger partial charge < -0.3 is 14.8 Å². The minimum Gasteiger partial charge on any atom is -0.381 e. The van der Waals surface area contributed by atoms with Gasteiger partial charge in [-0.05, 0) is 30.7 Å². The molecule has 20 heavy (non-hydrogen) atoms. The van der Waals surface area contributed by atoms with E-state index >= 15 is 0 Å². The Morgan fingerprint density at radius 2 is 2.10 bits per heavy atom. The topological polar surface area (TPSA) is 30.5 Å². The molecule has 0 radical (unpaired) electrons. The summed E-state index contributed by atoms with van der Waals surface area (Å²) in [6.45, 7) is 6.52. The molecule has 1 aromatic rings. The van der Waals surface area contributed by atoms with Crippen LogP contribution >= 0.6 is 11.6 Å². The molecule has 1 aliphatic heterocycles. The second-order valence-electron chi connectivity index (χ2n) is 5.38. The molecule has 0 spiro atoms. The lowest BCUT2D eigenvalue weighted by Gasteiger charge is -2.43. The van der Waals surface area contributed by atoms with E-state index in [0.29, 0.717) is 0 Å². The molecule has 1 saturated heterocycles. The summed E-state index contributed by atoms with van der Waals surface area (Å²) in [7, 11) is 1.80. The number of benzene rings is 1. The zero-order chi connectivity index (χ0) is 14.6. The van der Waals surface area contributed by atoms with E-state index in [9.17, 15) is 0 Å². The van der Waals surface area contributed by atoms with E-state index in [-0.39, 0.29) is 11.6 Å². The fraction of sp³-hybridized carbons (Fsp3) is 0.625. The van der Waals surface area contributed by atoms with Crippen LogP contribution in [-0.4, -0.2) is 32.5 Å². The second-order valence-corrected chi connectivity index (χ2v) is 5.79. The number of aryl methyl sites for hydroxylation is 1. The van der Waals surface area contributed by atoms with E-state index in [4.69, 9.17) is 21.1 Å². The van der Waals surface area contributed by atoms with Gasteiger partial charge in [0.25, 0.3) is 0 Å². The normalized spacial score (nSPS) is 19.8. The maximum absolute atomic E-state index is 6.29. The van der Waals surface area contributed by atoms with E-state index in [1.807, 2.05) is 6.92 Å². The van der Waals surface area contributed by atoms with E-state index in [1.54, 1.807) is 7.11 Å². The Balaban J connectivity index is 2.35. The molecule has 0 amide bonds. The number of rotatable bonds is 5. The Hall–Kier alpha value is -0.610. The van der Waals surface area contributed by atoms with E-state index in [2.05, 4.69) is 30.4 Å². The van der Waals surface area contributed by atoms with Crippen LogP contribution in [0.2, 0.25) is 5.02 Å². The molecule has 3 nitrogen and oxygen atoms in total. The van der Waals surface area contributed by atoms with Gasteiger partial charge in [-0.1, -0.05) is 30.7 Å². The number of likely N-dealkylation sites (N-methyl/N-ethyl adjacent to an activating group) is 1. The molecule has 1 aliphatic rings. The molecule has 112 valence electrons. The van der Waals surface area contributed by atoms with Crippen molar-refractivity contribution in [2.75, 3.05) is 26.9 Å². The number of hydrogen-bond acceptors (Lipinski definition) is 3. The van der Waals surface area contributed by atoms with Crippen molar-refractivity contribution in [2.24, 2.45) is 0 Å². The molecular weight excluding hydrogens is 274 g/mol. The predicted octanol–water partition coefficient (Wildman–Crippen LogP) is 3.49. The number of methoxy groups -OCH3 is 1. The van der Waals surface area contributed by atoms with Crippen molar-refractivity contribution in [3.05, 3.63) is 34.3 Å². The van der Waals surface area contributed by atoms with Crippen molar-refractivity contribution in [3.8, 4) is 0 Å². The molecule has 0 aromatic heterocycles. The van der Waals surface area contributed by atoms with Gasteiger partial charge in [-0.25, -0.2) is 0 Å². The van der Waals surface area contributed by atoms with Gasteiger partial charge in [0.15, 0.2) is 0 Å². The minimum absolute atomic E-state index is 0.138. The van der Waals surface area contributed by atoms with Gasteiger partial charge in [0.2, 0.25) is 0 Å². The monoisotopic (exact) mass is 297 g/mol. The number of hydrogen-bond donors (Lipinski definition) is 1. The average molecular weight is 298 g/mol. The zero-order valence-corrected chi connectivity index (χ0v) is 13.3. The minimum atomic E-state index is -0.215. The van der Waals surface area contributed by atoms with Gasteiger partial charge in [0.05, 0.1) is 11.6 Å². The van der Waals surface area contributed by atoms with Crippen LogP contribution in [0, 0.1) is 6.92 Å². The third-order valence-electron chi connectivity index (χ3n) is 4.21. The van der Waals surface area contributed by atoms with Gasteiger partial charge in [0.1, 0.15) is 0 Å². The molecule has 1 heterocycles. The molecule has 2 rings (SSSR count). The second kappa shape index (κ2) is 6.90. The van der Waals surface area contributed by atoms with Crippen LogP contribution in [0.4, 0.5) is 0 Å². The van der Waals surface area contributed by atoms with Crippen molar-refractivity contribution >= 4 is 11.6 Å². The standard InChI is InChI=1S/C16H24ClNO2/c1-4-18-15(13-6-5-12(2)14(17)11-13)16(19-3)7-9-20-10-8-16/h5-6,11,15,18H,4,7-10H2,1-3H3. The van der Waals surface area contributed by atoms with E-state index in [1.165, 1.54) is 5.56 Å². The Labute approximate surface area is 126 Å². The Morgan fingerprint density at radius 1 is 1.40 bits per heavy atom. The first-order valence-electron chi connectivity index (χ1n) is 7.25. The van der Waals surface area contributed by atoms with E-state index in [0.717, 1.165) is 43.2 Å². The third kappa shape index (κ3) is 3.17. The Kier molecular flexibility index (Phi) is 5.44. The summed E-state index contributed by atoms with van der Waals surface area (Å²) in [5, 5.41) is 4.38. The third-order valence-corrected chi connectivity index (χ3v) is 4.62. The number of halogens is 1. The Morgan fingerprint density at radius 3 is 2.65 bits per heavy atom. The lowest BCUT2D eigenvalue weighted by atomic mass is 9.82. The van der Waals surface area contributed by atoms with Crippen LogP contribution in [0.1, 0.15) is 36.9 Å². The highest BCUT2D eigenvalue weighted by Crippen LogP contribution is 2.38. The van der Waals surface area contributed by atoms with Gasteiger partial charge >= 0.3 is 0 Å². The zero-order valence-electron chi connectivity index (χ0n) is 12.5. The maximum atomic E-state index is 6.29. The highest BCUT2D eigenvalue weighted by molar-refractivity contribution is 6.31. The molecule has 0 bridgehead atoms. The molecule has 4 heteroatoms. The first-order chi connectivity index (χ1) is 9.63. The van der Waals surface area contributed by atoms with Gasteiger partial charge in [-0.3, -0.25) is 0 Å². The smallest absolute Gasteiger partial charge is 0.0916 e. The average Bonchev–Trinajstić information content (AvgIpc) is 2.48. The highest BCUT2D eigenvalue weighted by atomic mass is 35.5. The van der Waals surface area contributed by atoms with Crippen LogP contribution in [0.5, 0.6) is 0 Å². The molecule has 0 saturated carbocycles. The van der Waals surface area contributed by atoms with Gasteiger partial charge in [0, 0.05) is 38.2 Å². The van der Waals surface area contributed by atoms with Crippen LogP contribution in [0.3, 0.4) is 0 Å². The molecule has 1 aromatic carbocycles. The van der Waals surface area contributed by atoms with Gasteiger partial charge in [-0.2, -0.15) is 0 Å². The summed E-state index contributed by atoms with van der Waals surface area (Å²) < 4.78 is 11.4. The molecule has 1 N–H and O–H groups in total. The lowest BCUT2D eigenvalue weighted by molar-refractivity contribution is -0.111. The summed E-state index contributed by atoms with van der Waals surface area (Å²) in [5.74, 6) is 0. The summed E-state index contributed by atoms with van der Waals surface area (Å²) in [6, 6.07) is 6.41. The molecule has 0 aliphatic carbocycles. The number of nitrogens with one attached hydrogen (secondary N) is 1. The summed E-state index contributed by atoms with van der Waals surface area (Å²) in [6.07, 6.45) is 1.79. The van der Waals surface area contributed by atoms with Crippen LogP contribution in [-0.2, 0) is 9.47 Å². The molecule has 1 atom stereocenters. The van der Waals surface area contributed by atoms with Crippen molar-refractivity contribution in [2.45, 2.75) is 38.3 Å². The van der Waals surface area contributed by atoms with E-state index < -0.39 is 0 Å². The summed E-state index contributed by atoms with van der Waals surface area (Å²) >= 11 is 6.29. The SMILES string of the molecule is CCNC(c1ccc(C)c(Cl)c1)C1(OC)CCOCC1. The molecule has 1 unspecified atom stereocenters. The van der Waals surface area contributed by atoms with Crippen molar-refractivity contribution in [1.29, 1.82) is 0 Å². The van der Waals surface area contributed by atoms with Crippen molar-refractivity contribution in [1.82, 2.24) is 5.32 Å². The van der Waals surface area contributed by atoms with Crippen molar-refractivity contribution < 1.29 is 9.47 Å². The fourth-order valence-corrected chi connectivity index (χ4v) is 3.12.